The van der Waals surface area contributed by atoms with E-state index in [1.807, 2.05) is 0 Å². The van der Waals surface area contributed by atoms with Crippen LogP contribution in [-0.4, -0.2) is 9.55 Å². The molecule has 0 spiro atoms. The summed E-state index contributed by atoms with van der Waals surface area (Å²) < 4.78 is 2.11. The van der Waals surface area contributed by atoms with Gasteiger partial charge in [0.2, 0.25) is 0 Å². The number of nitrogen functional groups attached to an aromatic ring is 1. The van der Waals surface area contributed by atoms with E-state index in [4.69, 9.17) is 17.3 Å². The van der Waals surface area contributed by atoms with Gasteiger partial charge in [0.25, 0.3) is 5.56 Å². The molecule has 0 amide bonds. The molecule has 2 aromatic heterocycles. The summed E-state index contributed by atoms with van der Waals surface area (Å²) in [4.78, 5) is 16.4. The number of halogens is 1. The Labute approximate surface area is 111 Å². The molecule has 0 aliphatic carbocycles. The van der Waals surface area contributed by atoms with Crippen molar-refractivity contribution < 1.29 is 0 Å². The molecule has 6 heteroatoms. The minimum absolute atomic E-state index is 0.121. The number of fused-ring (bicyclic) bond motifs is 1. The van der Waals surface area contributed by atoms with Crippen LogP contribution in [-0.2, 0) is 0 Å². The Kier molecular flexibility index (Phi) is 2.57. The van der Waals surface area contributed by atoms with Crippen molar-refractivity contribution in [3.63, 3.8) is 0 Å². The second-order valence-corrected chi connectivity index (χ2v) is 5.20. The first-order valence-electron chi connectivity index (χ1n) is 5.19. The molecule has 2 N–H and O–H groups in total. The minimum atomic E-state index is -0.121. The van der Waals surface area contributed by atoms with E-state index in [1.54, 1.807) is 41.1 Å². The van der Waals surface area contributed by atoms with Gasteiger partial charge in [-0.25, -0.2) is 4.98 Å². The molecule has 0 atom stereocenters. The zero-order valence-corrected chi connectivity index (χ0v) is 10.7. The zero-order valence-electron chi connectivity index (χ0n) is 9.13. The lowest BCUT2D eigenvalue weighted by Crippen LogP contribution is -2.16. The first-order chi connectivity index (χ1) is 8.65. The number of hydrogen-bond donors (Lipinski definition) is 1. The van der Waals surface area contributed by atoms with Gasteiger partial charge in [0.1, 0.15) is 4.70 Å². The summed E-state index contributed by atoms with van der Waals surface area (Å²) in [5.41, 5.74) is 6.88. The fourth-order valence-electron chi connectivity index (χ4n) is 1.74. The van der Waals surface area contributed by atoms with Gasteiger partial charge in [-0.05, 0) is 30.3 Å². The number of thiazole rings is 1. The SMILES string of the molecule is Nc1nc2ccn(-c3ccc(Cl)cc3)c(=O)c2s1. The molecular weight excluding hydrogens is 270 g/mol. The summed E-state index contributed by atoms with van der Waals surface area (Å²) in [7, 11) is 0. The monoisotopic (exact) mass is 277 g/mol. The summed E-state index contributed by atoms with van der Waals surface area (Å²) in [6.07, 6.45) is 1.69. The summed E-state index contributed by atoms with van der Waals surface area (Å²) in [5, 5.41) is 1.03. The highest BCUT2D eigenvalue weighted by Crippen LogP contribution is 2.21. The maximum absolute atomic E-state index is 12.3. The maximum Gasteiger partial charge on any atom is 0.274 e. The highest BCUT2D eigenvalue weighted by atomic mass is 35.5. The molecule has 18 heavy (non-hydrogen) atoms. The minimum Gasteiger partial charge on any atom is -0.375 e. The molecule has 0 aliphatic rings. The second-order valence-electron chi connectivity index (χ2n) is 3.73. The van der Waals surface area contributed by atoms with Crippen LogP contribution in [0.1, 0.15) is 0 Å². The van der Waals surface area contributed by atoms with E-state index in [9.17, 15) is 4.79 Å². The van der Waals surface area contributed by atoms with Crippen molar-refractivity contribution in [3.05, 3.63) is 51.9 Å². The Bertz CT molecular complexity index is 776. The molecule has 3 rings (SSSR count). The van der Waals surface area contributed by atoms with Crippen LogP contribution in [0.15, 0.2) is 41.3 Å². The van der Waals surface area contributed by atoms with Crippen LogP contribution in [0.25, 0.3) is 15.9 Å². The molecule has 0 aliphatic heterocycles. The second kappa shape index (κ2) is 4.12. The van der Waals surface area contributed by atoms with Crippen LogP contribution < -0.4 is 11.3 Å². The van der Waals surface area contributed by atoms with E-state index in [0.717, 1.165) is 5.69 Å². The average molecular weight is 278 g/mol. The van der Waals surface area contributed by atoms with E-state index < -0.39 is 0 Å². The number of pyridine rings is 1. The van der Waals surface area contributed by atoms with Gasteiger partial charge in [-0.3, -0.25) is 9.36 Å². The predicted molar refractivity (Wildman–Crippen MR) is 74.6 cm³/mol. The van der Waals surface area contributed by atoms with Crippen molar-refractivity contribution in [2.24, 2.45) is 0 Å². The Morgan fingerprint density at radius 1 is 1.22 bits per heavy atom. The highest BCUT2D eigenvalue weighted by Gasteiger charge is 2.08. The van der Waals surface area contributed by atoms with Gasteiger partial charge in [-0.2, -0.15) is 0 Å². The van der Waals surface area contributed by atoms with Crippen LogP contribution in [0.3, 0.4) is 0 Å². The number of anilines is 1. The summed E-state index contributed by atoms with van der Waals surface area (Å²) in [5.74, 6) is 0. The van der Waals surface area contributed by atoms with Crippen LogP contribution in [0.2, 0.25) is 5.02 Å². The van der Waals surface area contributed by atoms with E-state index in [2.05, 4.69) is 4.98 Å². The molecule has 90 valence electrons. The first kappa shape index (κ1) is 11.3. The van der Waals surface area contributed by atoms with Crippen LogP contribution >= 0.6 is 22.9 Å². The molecule has 0 fully saturated rings. The lowest BCUT2D eigenvalue weighted by atomic mass is 10.3. The first-order valence-corrected chi connectivity index (χ1v) is 6.38. The van der Waals surface area contributed by atoms with Gasteiger partial charge < -0.3 is 5.73 Å². The Hall–Kier alpha value is -1.85. The third kappa shape index (κ3) is 1.77. The Balaban J connectivity index is 2.26. The van der Waals surface area contributed by atoms with E-state index in [0.29, 0.717) is 20.4 Å². The molecule has 3 aromatic rings. The molecule has 0 saturated heterocycles. The van der Waals surface area contributed by atoms with Gasteiger partial charge in [0.15, 0.2) is 5.13 Å². The van der Waals surface area contributed by atoms with Crippen molar-refractivity contribution in [2.45, 2.75) is 0 Å². The van der Waals surface area contributed by atoms with E-state index >= 15 is 0 Å². The smallest absolute Gasteiger partial charge is 0.274 e. The molecule has 1 aromatic carbocycles. The van der Waals surface area contributed by atoms with Gasteiger partial charge in [0, 0.05) is 16.9 Å². The third-order valence-electron chi connectivity index (χ3n) is 2.57. The molecule has 4 nitrogen and oxygen atoms in total. The van der Waals surface area contributed by atoms with Gasteiger partial charge in [-0.1, -0.05) is 22.9 Å². The maximum atomic E-state index is 12.3. The highest BCUT2D eigenvalue weighted by molar-refractivity contribution is 7.21. The van der Waals surface area contributed by atoms with Crippen molar-refractivity contribution in [1.29, 1.82) is 0 Å². The predicted octanol–water partition coefficient (Wildman–Crippen LogP) is 2.68. The summed E-state index contributed by atoms with van der Waals surface area (Å²) in [6, 6.07) is 8.85. The molecular formula is C12H8ClN3OS. The van der Waals surface area contributed by atoms with Crippen LogP contribution in [0.4, 0.5) is 5.13 Å². The number of rotatable bonds is 1. The fourth-order valence-corrected chi connectivity index (χ4v) is 2.63. The number of aromatic nitrogens is 2. The zero-order chi connectivity index (χ0) is 12.7. The molecule has 0 bridgehead atoms. The normalized spacial score (nSPS) is 10.9. The topological polar surface area (TPSA) is 60.9 Å². The van der Waals surface area contributed by atoms with Crippen molar-refractivity contribution in [1.82, 2.24) is 9.55 Å². The fraction of sp³-hybridized carbons (Fsp3) is 0. The quantitative estimate of drug-likeness (QED) is 0.744. The number of nitrogens with zero attached hydrogens (tertiary/aromatic N) is 2. The van der Waals surface area contributed by atoms with Crippen LogP contribution in [0, 0.1) is 0 Å². The lowest BCUT2D eigenvalue weighted by molar-refractivity contribution is 1.01. The van der Waals surface area contributed by atoms with E-state index in [1.165, 1.54) is 11.3 Å². The standard InChI is InChI=1S/C12H8ClN3OS/c13-7-1-3-8(4-2-7)16-6-5-9-10(11(16)17)18-12(14)15-9/h1-6H,(H2,14,15). The Morgan fingerprint density at radius 2 is 1.94 bits per heavy atom. The van der Waals surface area contributed by atoms with Gasteiger partial charge in [0.05, 0.1) is 5.52 Å². The van der Waals surface area contributed by atoms with Gasteiger partial charge >= 0.3 is 0 Å². The van der Waals surface area contributed by atoms with Crippen LogP contribution in [0.5, 0.6) is 0 Å². The summed E-state index contributed by atoms with van der Waals surface area (Å²) >= 11 is 7.02. The van der Waals surface area contributed by atoms with Crippen molar-refractivity contribution in [2.75, 3.05) is 5.73 Å². The summed E-state index contributed by atoms with van der Waals surface area (Å²) in [6.45, 7) is 0. The molecule has 0 radical (unpaired) electrons. The molecule has 0 unspecified atom stereocenters. The Morgan fingerprint density at radius 3 is 2.67 bits per heavy atom. The van der Waals surface area contributed by atoms with Gasteiger partial charge in [-0.15, -0.1) is 0 Å². The third-order valence-corrected chi connectivity index (χ3v) is 3.71. The lowest BCUT2D eigenvalue weighted by Gasteiger charge is -2.04. The van der Waals surface area contributed by atoms with E-state index in [-0.39, 0.29) is 5.56 Å². The average Bonchev–Trinajstić information content (AvgIpc) is 2.73. The van der Waals surface area contributed by atoms with Crippen molar-refractivity contribution in [3.8, 4) is 5.69 Å². The number of hydrogen-bond acceptors (Lipinski definition) is 4. The number of nitrogens with two attached hydrogens (primary N) is 1. The van der Waals surface area contributed by atoms with Crippen molar-refractivity contribution >= 4 is 38.3 Å². The largest absolute Gasteiger partial charge is 0.375 e. The molecule has 2 heterocycles. The number of benzene rings is 1. The molecule has 0 saturated carbocycles.